The number of rotatable bonds is 5. The van der Waals surface area contributed by atoms with Gasteiger partial charge in [-0.2, -0.15) is 27.1 Å². The highest BCUT2D eigenvalue weighted by atomic mass is 35.9. The molecular weight excluding hydrogens is 830 g/mol. The third-order valence-electron chi connectivity index (χ3n) is 6.24. The Kier molecular flexibility index (Phi) is 9.81. The summed E-state index contributed by atoms with van der Waals surface area (Å²) in [4.78, 5) is 0. The summed E-state index contributed by atoms with van der Waals surface area (Å²) in [5, 5.41) is 0. The lowest BCUT2D eigenvalue weighted by Gasteiger charge is -2.40. The van der Waals surface area contributed by atoms with Crippen LogP contribution in [-0.4, -0.2) is 22.4 Å². The maximum Gasteiger partial charge on any atom is 0.333 e. The van der Waals surface area contributed by atoms with E-state index >= 15 is 0 Å². The second-order valence-corrected chi connectivity index (χ2v) is 34.1. The molecule has 2 atom stereocenters. The average Bonchev–Trinajstić information content (AvgIpc) is 2.83. The van der Waals surface area contributed by atoms with E-state index in [4.69, 9.17) is 99.0 Å². The second kappa shape index (κ2) is 12.3. The lowest BCUT2D eigenvalue weighted by Crippen LogP contribution is -2.29. The Hall–Kier alpha value is 1.66. The zero-order chi connectivity index (χ0) is 30.0. The minimum Gasteiger partial charge on any atom is -0.430 e. The monoisotopic (exact) mass is 846 g/mol. The quantitative estimate of drug-likeness (QED) is 0.221. The highest BCUT2D eigenvalue weighted by Gasteiger charge is 2.45. The zero-order valence-electron chi connectivity index (χ0n) is 21.0. The van der Waals surface area contributed by atoms with Crippen LogP contribution >= 0.6 is 129 Å². The van der Waals surface area contributed by atoms with Gasteiger partial charge in [0.05, 0.1) is 0 Å². The van der Waals surface area contributed by atoms with Gasteiger partial charge in [0.15, 0.2) is 0 Å². The first-order chi connectivity index (χ1) is 19.6. The van der Waals surface area contributed by atoms with Crippen LogP contribution < -0.4 is 9.05 Å². The van der Waals surface area contributed by atoms with Gasteiger partial charge in [-0.25, -0.2) is 9.34 Å². The third kappa shape index (κ3) is 7.37. The van der Waals surface area contributed by atoms with Crippen LogP contribution in [0.15, 0.2) is 75.6 Å². The molecule has 0 saturated carbocycles. The highest BCUT2D eigenvalue weighted by molar-refractivity contribution is 8.21. The Labute approximate surface area is 282 Å². The number of para-hydroxylation sites is 2. The van der Waals surface area contributed by atoms with Gasteiger partial charge in [0.2, 0.25) is 0 Å². The van der Waals surface area contributed by atoms with Crippen molar-refractivity contribution in [2.75, 3.05) is 13.1 Å². The summed E-state index contributed by atoms with van der Waals surface area (Å²) >= 11 is 51.9. The van der Waals surface area contributed by atoms with E-state index in [1.807, 2.05) is 57.9 Å². The Morgan fingerprint density at radius 3 is 1.26 bits per heavy atom. The van der Waals surface area contributed by atoms with Crippen LogP contribution in [-0.2, 0) is 13.1 Å². The first-order valence-corrected chi connectivity index (χ1v) is 29.2. The summed E-state index contributed by atoms with van der Waals surface area (Å²) in [5.41, 5.74) is 1.95. The summed E-state index contributed by atoms with van der Waals surface area (Å²) in [6, 6.07) is 15.3. The van der Waals surface area contributed by atoms with Gasteiger partial charge >= 0.3 is 15.2 Å². The van der Waals surface area contributed by atoms with E-state index in [0.717, 1.165) is 11.1 Å². The van der Waals surface area contributed by atoms with E-state index in [9.17, 15) is 0 Å². The molecule has 4 heterocycles. The van der Waals surface area contributed by atoms with Gasteiger partial charge in [0, 0.05) is 37.3 Å². The smallest absolute Gasteiger partial charge is 0.333 e. The van der Waals surface area contributed by atoms with Crippen molar-refractivity contribution in [1.82, 2.24) is 9.34 Å². The average molecular weight is 850 g/mol. The van der Waals surface area contributed by atoms with Crippen LogP contribution in [0.1, 0.15) is 24.0 Å². The lowest BCUT2D eigenvalue weighted by molar-refractivity contribution is 0.331. The number of hydrogen-bond donors (Lipinski definition) is 0. The van der Waals surface area contributed by atoms with E-state index < -0.39 is 38.8 Å². The second-order valence-electron chi connectivity index (χ2n) is 9.27. The molecule has 0 radical (unpaired) electrons. The molecule has 6 rings (SSSR count). The van der Waals surface area contributed by atoms with E-state index in [-0.39, 0.29) is 0 Å². The molecule has 0 amide bonds. The number of hydrogen-bond acceptors (Lipinski definition) is 10. The van der Waals surface area contributed by atoms with Crippen molar-refractivity contribution in [3.05, 3.63) is 59.7 Å². The molecular formula is C18H20Cl8N8O2P6. The van der Waals surface area contributed by atoms with E-state index in [2.05, 4.69) is 27.1 Å². The first-order valence-electron chi connectivity index (χ1n) is 12.1. The van der Waals surface area contributed by atoms with Crippen molar-refractivity contribution in [3.63, 3.8) is 0 Å². The van der Waals surface area contributed by atoms with E-state index in [1.54, 1.807) is 0 Å². The van der Waals surface area contributed by atoms with Gasteiger partial charge in [0.1, 0.15) is 11.5 Å². The fourth-order valence-corrected chi connectivity index (χ4v) is 34.9. The summed E-state index contributed by atoms with van der Waals surface area (Å²) in [6.45, 7) is 2.06. The van der Waals surface area contributed by atoms with Crippen LogP contribution in [0.25, 0.3) is 0 Å². The molecule has 0 aromatic heterocycles. The molecule has 0 saturated heterocycles. The topological polar surface area (TPSA) is 99.1 Å². The third-order valence-corrected chi connectivity index (χ3v) is 29.6. The number of unbranched alkanes of at least 4 members (excludes halogenated alkanes) is 1. The molecule has 4 aliphatic heterocycles. The molecule has 230 valence electrons. The van der Waals surface area contributed by atoms with Crippen molar-refractivity contribution >= 4 is 129 Å². The number of fused-ring (bicyclic) bond motifs is 2. The van der Waals surface area contributed by atoms with Crippen LogP contribution in [0.5, 0.6) is 11.5 Å². The molecule has 42 heavy (non-hydrogen) atoms. The fourth-order valence-electron chi connectivity index (χ4n) is 4.64. The van der Waals surface area contributed by atoms with Crippen molar-refractivity contribution in [2.45, 2.75) is 25.9 Å². The summed E-state index contributed by atoms with van der Waals surface area (Å²) in [7, 11) is -6.27. The van der Waals surface area contributed by atoms with Gasteiger partial charge in [-0.05, 0) is 115 Å². The number of halogens is 8. The first kappa shape index (κ1) is 33.6. The molecule has 10 nitrogen and oxygen atoms in total. The minimum atomic E-state index is -3.21. The van der Waals surface area contributed by atoms with Gasteiger partial charge < -0.3 is 9.05 Å². The summed E-state index contributed by atoms with van der Waals surface area (Å²) in [6.07, 6.45) is 1.38. The molecule has 0 N–H and O–H groups in total. The van der Waals surface area contributed by atoms with Gasteiger partial charge in [-0.3, -0.25) is 0 Å². The Morgan fingerprint density at radius 1 is 0.524 bits per heavy atom. The Morgan fingerprint density at radius 2 is 0.881 bits per heavy atom. The normalized spacial score (nSPS) is 30.0. The summed E-state index contributed by atoms with van der Waals surface area (Å²) in [5.74, 6) is -11.6. The molecule has 2 aromatic carbocycles. The molecule has 4 aliphatic rings. The maximum absolute atomic E-state index is 6.48. The maximum atomic E-state index is 6.48. The van der Waals surface area contributed by atoms with Crippen molar-refractivity contribution in [3.8, 4) is 11.5 Å². The predicted octanol–water partition coefficient (Wildman–Crippen LogP) is 15.2. The molecule has 0 bridgehead atoms. The largest absolute Gasteiger partial charge is 0.430 e. The Balaban J connectivity index is 1.28. The molecule has 0 fully saturated rings. The fraction of sp³-hybridized carbons (Fsp3) is 0.333. The molecule has 0 aliphatic carbocycles. The highest BCUT2D eigenvalue weighted by Crippen LogP contribution is 2.87. The Bertz CT molecular complexity index is 1650. The van der Waals surface area contributed by atoms with Crippen molar-refractivity contribution < 1.29 is 9.05 Å². The van der Waals surface area contributed by atoms with Gasteiger partial charge in [0.25, 0.3) is 23.6 Å². The standard InChI is InChI=1S/C18H20Cl8N8O2P6/c19-37(20)27-38(21,22)30-41(29-37)33(13-15-7-1-3-9-17(15)35-41)11-5-6-12-34-14-16-8-2-4-10-18(16)36-42(34)31-39(23,24)28-40(25,26)32-42/h1-4,7-10H,5-6,11-14H2. The summed E-state index contributed by atoms with van der Waals surface area (Å²) < 4.78 is 43.7. The molecule has 24 heteroatoms. The van der Waals surface area contributed by atoms with Crippen molar-refractivity contribution in [2.24, 2.45) is 27.1 Å². The van der Waals surface area contributed by atoms with Crippen LogP contribution in [0.2, 0.25) is 0 Å². The lowest BCUT2D eigenvalue weighted by atomic mass is 10.2. The van der Waals surface area contributed by atoms with Crippen LogP contribution in [0.4, 0.5) is 0 Å². The van der Waals surface area contributed by atoms with Crippen molar-refractivity contribution in [1.29, 1.82) is 0 Å². The predicted molar refractivity (Wildman–Crippen MR) is 187 cm³/mol. The van der Waals surface area contributed by atoms with Gasteiger partial charge in [-0.15, -0.1) is 0 Å². The van der Waals surface area contributed by atoms with Gasteiger partial charge in [-0.1, -0.05) is 36.4 Å². The SMILES string of the molecule is ClP1(Cl)=NP(Cl)(Cl)=NP2(=N1)Oc1ccccc1CN2CCCCN1Cc2ccccc2OP12=NP(Cl)(Cl)=NP(Cl)(Cl)=N2. The van der Waals surface area contributed by atoms with E-state index in [0.29, 0.717) is 50.5 Å². The zero-order valence-corrected chi connectivity index (χ0v) is 32.4. The minimum absolute atomic E-state index is 0.499. The molecule has 2 unspecified atom stereocenters. The van der Waals surface area contributed by atoms with E-state index in [1.165, 1.54) is 0 Å². The van der Waals surface area contributed by atoms with Crippen LogP contribution in [0.3, 0.4) is 0 Å². The molecule has 2 spiro atoms. The number of benzene rings is 2. The molecule has 2 aromatic rings. The van der Waals surface area contributed by atoms with Crippen LogP contribution in [0, 0.1) is 0 Å². The number of nitrogens with zero attached hydrogens (tertiary/aromatic N) is 8.